The lowest BCUT2D eigenvalue weighted by Gasteiger charge is -2.32. The van der Waals surface area contributed by atoms with Crippen LogP contribution in [0.25, 0.3) is 0 Å². The van der Waals surface area contributed by atoms with Gasteiger partial charge in [-0.2, -0.15) is 0 Å². The summed E-state index contributed by atoms with van der Waals surface area (Å²) in [5.41, 5.74) is 3.16. The highest BCUT2D eigenvalue weighted by Gasteiger charge is 2.24. The van der Waals surface area contributed by atoms with Crippen LogP contribution in [0, 0.1) is 0 Å². The molecule has 0 aromatic heterocycles. The van der Waals surface area contributed by atoms with Gasteiger partial charge < -0.3 is 5.32 Å². The van der Waals surface area contributed by atoms with Crippen LogP contribution >= 0.6 is 0 Å². The first kappa shape index (κ1) is 10.3. The molecule has 0 spiro atoms. The number of rotatable bonds is 2. The van der Waals surface area contributed by atoms with Crippen molar-refractivity contribution in [2.24, 2.45) is 0 Å². The van der Waals surface area contributed by atoms with Gasteiger partial charge in [0.05, 0.1) is 0 Å². The smallest absolute Gasteiger partial charge is 0.0325 e. The second-order valence-corrected chi connectivity index (χ2v) is 5.29. The van der Waals surface area contributed by atoms with E-state index in [1.807, 2.05) is 0 Å². The van der Waals surface area contributed by atoms with E-state index in [9.17, 15) is 0 Å². The number of hydrogen-bond acceptors (Lipinski definition) is 1. The summed E-state index contributed by atoms with van der Waals surface area (Å²) in [6.45, 7) is 0. The number of hydrogen-bond donors (Lipinski definition) is 1. The van der Waals surface area contributed by atoms with Gasteiger partial charge >= 0.3 is 0 Å². The maximum absolute atomic E-state index is 3.85. The number of nitrogens with one attached hydrogen (secondary N) is 1. The molecule has 1 atom stereocenters. The van der Waals surface area contributed by atoms with Gasteiger partial charge in [0.25, 0.3) is 0 Å². The molecule has 1 fully saturated rings. The first-order valence-electron chi connectivity index (χ1n) is 6.77. The Morgan fingerprint density at radius 2 is 1.81 bits per heavy atom. The molecule has 86 valence electrons. The van der Waals surface area contributed by atoms with E-state index in [1.165, 1.54) is 44.9 Å². The highest BCUT2D eigenvalue weighted by Crippen LogP contribution is 2.31. The first-order chi connectivity index (χ1) is 7.93. The van der Waals surface area contributed by atoms with Gasteiger partial charge in [0, 0.05) is 12.1 Å². The fraction of sp³-hybridized carbons (Fsp3) is 0.600. The lowest BCUT2D eigenvalue weighted by Crippen LogP contribution is -2.37. The van der Waals surface area contributed by atoms with Crippen LogP contribution in [0.4, 0.5) is 0 Å². The molecular formula is C15H21N. The number of aryl methyl sites for hydroxylation is 1. The van der Waals surface area contributed by atoms with Gasteiger partial charge in [-0.15, -0.1) is 0 Å². The van der Waals surface area contributed by atoms with Crippen LogP contribution in [-0.4, -0.2) is 6.04 Å². The Bertz CT molecular complexity index is 354. The van der Waals surface area contributed by atoms with E-state index in [0.717, 1.165) is 6.04 Å². The van der Waals surface area contributed by atoms with Crippen LogP contribution in [0.2, 0.25) is 0 Å². The van der Waals surface area contributed by atoms with Crippen molar-refractivity contribution in [2.45, 2.75) is 57.0 Å². The molecule has 0 aliphatic heterocycles. The summed E-state index contributed by atoms with van der Waals surface area (Å²) in [7, 11) is 0. The van der Waals surface area contributed by atoms with E-state index in [-0.39, 0.29) is 0 Å². The number of benzene rings is 1. The van der Waals surface area contributed by atoms with Crippen LogP contribution in [0.1, 0.15) is 55.7 Å². The van der Waals surface area contributed by atoms with Crippen LogP contribution < -0.4 is 5.32 Å². The third-order valence-electron chi connectivity index (χ3n) is 4.16. The molecule has 1 saturated carbocycles. The second-order valence-electron chi connectivity index (χ2n) is 5.29. The Kier molecular flexibility index (Phi) is 2.96. The van der Waals surface area contributed by atoms with Crippen molar-refractivity contribution in [1.29, 1.82) is 0 Å². The molecule has 1 unspecified atom stereocenters. The minimum Gasteiger partial charge on any atom is -0.307 e. The zero-order valence-corrected chi connectivity index (χ0v) is 9.91. The first-order valence-corrected chi connectivity index (χ1v) is 6.77. The van der Waals surface area contributed by atoms with E-state index in [0.29, 0.717) is 6.04 Å². The normalized spacial score (nSPS) is 25.6. The van der Waals surface area contributed by atoms with Gasteiger partial charge in [0.2, 0.25) is 0 Å². The Labute approximate surface area is 98.3 Å². The molecule has 1 N–H and O–H groups in total. The van der Waals surface area contributed by atoms with E-state index in [1.54, 1.807) is 11.1 Å². The Hall–Kier alpha value is -0.820. The van der Waals surface area contributed by atoms with Crippen molar-refractivity contribution < 1.29 is 0 Å². The van der Waals surface area contributed by atoms with Gasteiger partial charge in [-0.3, -0.25) is 0 Å². The maximum atomic E-state index is 3.85. The van der Waals surface area contributed by atoms with Crippen molar-refractivity contribution in [3.63, 3.8) is 0 Å². The SMILES string of the molecule is c1ccc2c(c1)CCCCC2NC1CCC1. The van der Waals surface area contributed by atoms with Crippen molar-refractivity contribution in [1.82, 2.24) is 5.32 Å². The lowest BCUT2D eigenvalue weighted by molar-refractivity contribution is 0.297. The molecule has 1 aromatic rings. The summed E-state index contributed by atoms with van der Waals surface area (Å²) in [4.78, 5) is 0. The molecule has 0 heterocycles. The fourth-order valence-electron chi connectivity index (χ4n) is 2.95. The summed E-state index contributed by atoms with van der Waals surface area (Å²) >= 11 is 0. The van der Waals surface area contributed by atoms with E-state index < -0.39 is 0 Å². The quantitative estimate of drug-likeness (QED) is 0.743. The molecule has 2 aliphatic carbocycles. The largest absolute Gasteiger partial charge is 0.307 e. The van der Waals surface area contributed by atoms with Crippen LogP contribution in [-0.2, 0) is 6.42 Å². The van der Waals surface area contributed by atoms with Crippen LogP contribution in [0.5, 0.6) is 0 Å². The van der Waals surface area contributed by atoms with E-state index in [2.05, 4.69) is 29.6 Å². The summed E-state index contributed by atoms with van der Waals surface area (Å²) < 4.78 is 0. The van der Waals surface area contributed by atoms with Crippen LogP contribution in [0.3, 0.4) is 0 Å². The van der Waals surface area contributed by atoms with Gasteiger partial charge in [-0.25, -0.2) is 0 Å². The second kappa shape index (κ2) is 4.58. The highest BCUT2D eigenvalue weighted by atomic mass is 15.0. The summed E-state index contributed by atoms with van der Waals surface area (Å²) in [5.74, 6) is 0. The molecule has 0 radical (unpaired) electrons. The molecule has 0 bridgehead atoms. The summed E-state index contributed by atoms with van der Waals surface area (Å²) in [5, 5.41) is 3.85. The van der Waals surface area contributed by atoms with Gasteiger partial charge in [0.15, 0.2) is 0 Å². The third kappa shape index (κ3) is 2.01. The Morgan fingerprint density at radius 1 is 0.938 bits per heavy atom. The van der Waals surface area contributed by atoms with Crippen LogP contribution in [0.15, 0.2) is 24.3 Å². The predicted octanol–water partition coefficient (Wildman–Crippen LogP) is 3.60. The summed E-state index contributed by atoms with van der Waals surface area (Å²) in [6.07, 6.45) is 9.54. The molecule has 0 saturated heterocycles. The van der Waals surface area contributed by atoms with E-state index >= 15 is 0 Å². The zero-order chi connectivity index (χ0) is 10.8. The van der Waals surface area contributed by atoms with Crippen molar-refractivity contribution in [3.05, 3.63) is 35.4 Å². The lowest BCUT2D eigenvalue weighted by atomic mass is 9.90. The van der Waals surface area contributed by atoms with E-state index in [4.69, 9.17) is 0 Å². The molecular weight excluding hydrogens is 194 g/mol. The molecule has 1 aromatic carbocycles. The molecule has 1 heteroatoms. The van der Waals surface area contributed by atoms with Gasteiger partial charge in [0.1, 0.15) is 0 Å². The predicted molar refractivity (Wildman–Crippen MR) is 67.5 cm³/mol. The fourth-order valence-corrected chi connectivity index (χ4v) is 2.95. The molecule has 2 aliphatic rings. The van der Waals surface area contributed by atoms with Crippen molar-refractivity contribution in [2.75, 3.05) is 0 Å². The average Bonchev–Trinajstić information content (AvgIpc) is 2.46. The molecule has 3 rings (SSSR count). The minimum absolute atomic E-state index is 0.629. The topological polar surface area (TPSA) is 12.0 Å². The van der Waals surface area contributed by atoms with Crippen molar-refractivity contribution >= 4 is 0 Å². The maximum Gasteiger partial charge on any atom is 0.0325 e. The monoisotopic (exact) mass is 215 g/mol. The van der Waals surface area contributed by atoms with Crippen molar-refractivity contribution in [3.8, 4) is 0 Å². The molecule has 16 heavy (non-hydrogen) atoms. The summed E-state index contributed by atoms with van der Waals surface area (Å²) in [6, 6.07) is 10.5. The Morgan fingerprint density at radius 3 is 2.62 bits per heavy atom. The van der Waals surface area contributed by atoms with Gasteiger partial charge in [-0.1, -0.05) is 37.1 Å². The minimum atomic E-state index is 0.629. The standard InChI is InChI=1S/C15H21N/c1-3-10-14-12(6-1)7-2-4-11-15(14)16-13-8-5-9-13/h1,3,6,10,13,15-16H,2,4-5,7-9,11H2. The zero-order valence-electron chi connectivity index (χ0n) is 9.91. The highest BCUT2D eigenvalue weighted by molar-refractivity contribution is 5.31. The Balaban J connectivity index is 1.81. The molecule has 0 amide bonds. The average molecular weight is 215 g/mol. The van der Waals surface area contributed by atoms with Gasteiger partial charge in [-0.05, 0) is 43.2 Å². The number of fused-ring (bicyclic) bond motifs is 1. The third-order valence-corrected chi connectivity index (χ3v) is 4.16. The molecule has 1 nitrogen and oxygen atoms in total.